The highest BCUT2D eigenvalue weighted by atomic mass is 14.9. The van der Waals surface area contributed by atoms with Crippen LogP contribution in [0.25, 0.3) is 0 Å². The van der Waals surface area contributed by atoms with Crippen LogP contribution in [0.4, 0.5) is 0 Å². The molecule has 0 aromatic rings. The number of nitrogens with one attached hydrogen (secondary N) is 1. The van der Waals surface area contributed by atoms with Crippen LogP contribution in [0.2, 0.25) is 0 Å². The van der Waals surface area contributed by atoms with Crippen molar-refractivity contribution in [3.8, 4) is 0 Å². The first-order valence-electron chi connectivity index (χ1n) is 4.19. The Hall–Kier alpha value is -0.370. The number of nitrogens with zero attached hydrogens (tertiary/aromatic N) is 1. The maximum absolute atomic E-state index is 3.96. The van der Waals surface area contributed by atoms with Gasteiger partial charge in [0.15, 0.2) is 0 Å². The summed E-state index contributed by atoms with van der Waals surface area (Å²) < 4.78 is 0. The number of hydrogen-bond donors (Lipinski definition) is 1. The highest BCUT2D eigenvalue weighted by Gasteiger charge is 1.93. The third-order valence-corrected chi connectivity index (χ3v) is 1.71. The van der Waals surface area contributed by atoms with E-state index in [4.69, 9.17) is 0 Å². The van der Waals surface area contributed by atoms with E-state index in [1.807, 2.05) is 6.21 Å². The summed E-state index contributed by atoms with van der Waals surface area (Å²) >= 11 is 0. The largest absolute Gasteiger partial charge is 0.317 e. The summed E-state index contributed by atoms with van der Waals surface area (Å²) in [7, 11) is 0. The maximum Gasteiger partial charge on any atom is 0.0388 e. The van der Waals surface area contributed by atoms with Gasteiger partial charge in [-0.1, -0.05) is 0 Å². The van der Waals surface area contributed by atoms with E-state index in [9.17, 15) is 0 Å². The van der Waals surface area contributed by atoms with E-state index >= 15 is 0 Å². The van der Waals surface area contributed by atoms with E-state index in [1.165, 1.54) is 38.8 Å². The summed E-state index contributed by atoms with van der Waals surface area (Å²) in [5, 5.41) is 3.22. The third-order valence-electron chi connectivity index (χ3n) is 1.71. The summed E-state index contributed by atoms with van der Waals surface area (Å²) in [6.07, 6.45) is 7.25. The Morgan fingerprint density at radius 3 is 2.10 bits per heavy atom. The van der Waals surface area contributed by atoms with E-state index in [2.05, 4.69) is 10.3 Å². The second-order valence-corrected chi connectivity index (χ2v) is 2.69. The van der Waals surface area contributed by atoms with Crippen LogP contribution in [0.15, 0.2) is 4.99 Å². The lowest BCUT2D eigenvalue weighted by Gasteiger charge is -1.76. The Bertz CT molecular complexity index is 81.8. The number of hydrogen-bond acceptors (Lipinski definition) is 2. The molecule has 2 rings (SSSR count). The quantitative estimate of drug-likeness (QED) is 0.537. The molecule has 10 heavy (non-hydrogen) atoms. The van der Waals surface area contributed by atoms with Crippen molar-refractivity contribution in [1.82, 2.24) is 5.32 Å². The highest BCUT2D eigenvalue weighted by molar-refractivity contribution is 5.58. The van der Waals surface area contributed by atoms with Crippen LogP contribution in [0.5, 0.6) is 0 Å². The lowest BCUT2D eigenvalue weighted by molar-refractivity contribution is 0.857. The lowest BCUT2D eigenvalue weighted by atomic mass is 10.4. The van der Waals surface area contributed by atoms with Crippen molar-refractivity contribution in [2.24, 2.45) is 4.99 Å². The van der Waals surface area contributed by atoms with Crippen LogP contribution in [0.3, 0.4) is 0 Å². The van der Waals surface area contributed by atoms with Crippen LogP contribution in [-0.4, -0.2) is 25.8 Å². The normalized spacial score (nSPS) is 22.4. The molecule has 2 aliphatic heterocycles. The molecule has 0 amide bonds. The second kappa shape index (κ2) is 5.42. The molecule has 2 heteroatoms. The first kappa shape index (κ1) is 7.73. The van der Waals surface area contributed by atoms with Gasteiger partial charge in [0.1, 0.15) is 0 Å². The Morgan fingerprint density at radius 1 is 1.10 bits per heavy atom. The molecular formula is C8H16N2. The zero-order valence-electron chi connectivity index (χ0n) is 6.47. The van der Waals surface area contributed by atoms with Gasteiger partial charge in [0, 0.05) is 6.54 Å². The smallest absolute Gasteiger partial charge is 0.0388 e. The maximum atomic E-state index is 3.96. The molecule has 0 bridgehead atoms. The van der Waals surface area contributed by atoms with Gasteiger partial charge < -0.3 is 5.32 Å². The molecular weight excluding hydrogens is 124 g/mol. The molecule has 1 saturated heterocycles. The van der Waals surface area contributed by atoms with Crippen molar-refractivity contribution in [2.75, 3.05) is 19.6 Å². The predicted octanol–water partition coefficient (Wildman–Crippen LogP) is 1.22. The molecule has 2 heterocycles. The van der Waals surface area contributed by atoms with E-state index in [-0.39, 0.29) is 0 Å². The third kappa shape index (κ3) is 3.62. The fourth-order valence-corrected chi connectivity index (χ4v) is 1.08. The van der Waals surface area contributed by atoms with Crippen molar-refractivity contribution < 1.29 is 0 Å². The molecule has 0 unspecified atom stereocenters. The fraction of sp³-hybridized carbons (Fsp3) is 0.875. The molecule has 2 nitrogen and oxygen atoms in total. The Morgan fingerprint density at radius 2 is 1.90 bits per heavy atom. The Balaban J connectivity index is 0.0000001000. The van der Waals surface area contributed by atoms with Gasteiger partial charge in [-0.15, -0.1) is 0 Å². The zero-order chi connectivity index (χ0) is 7.07. The standard InChI is InChI=1S/C4H9N.C4H7N/c2*1-2-4-5-3-1/h5H,1-4H2;3H,1-2,4H2. The molecule has 1 fully saturated rings. The monoisotopic (exact) mass is 140 g/mol. The van der Waals surface area contributed by atoms with E-state index in [0.29, 0.717) is 0 Å². The average Bonchev–Trinajstić information content (AvgIpc) is 2.67. The minimum Gasteiger partial charge on any atom is -0.317 e. The van der Waals surface area contributed by atoms with Gasteiger partial charge in [-0.3, -0.25) is 4.99 Å². The number of rotatable bonds is 0. The molecule has 0 radical (unpaired) electrons. The average molecular weight is 140 g/mol. The van der Waals surface area contributed by atoms with Crippen molar-refractivity contribution in [1.29, 1.82) is 0 Å². The van der Waals surface area contributed by atoms with Gasteiger partial charge >= 0.3 is 0 Å². The van der Waals surface area contributed by atoms with Gasteiger partial charge in [0.2, 0.25) is 0 Å². The summed E-state index contributed by atoms with van der Waals surface area (Å²) in [4.78, 5) is 3.96. The second-order valence-electron chi connectivity index (χ2n) is 2.69. The first-order valence-corrected chi connectivity index (χ1v) is 4.19. The summed E-state index contributed by atoms with van der Waals surface area (Å²) in [5.41, 5.74) is 0. The van der Waals surface area contributed by atoms with Gasteiger partial charge in [-0.25, -0.2) is 0 Å². The van der Waals surface area contributed by atoms with Crippen molar-refractivity contribution in [3.05, 3.63) is 0 Å². The van der Waals surface area contributed by atoms with Gasteiger partial charge in [0.05, 0.1) is 0 Å². The minimum atomic E-state index is 1.07. The van der Waals surface area contributed by atoms with Crippen LogP contribution in [-0.2, 0) is 0 Å². The molecule has 1 N–H and O–H groups in total. The first-order chi connectivity index (χ1) is 5.00. The van der Waals surface area contributed by atoms with Crippen LogP contribution in [0, 0.1) is 0 Å². The molecule has 0 spiro atoms. The topological polar surface area (TPSA) is 24.4 Å². The van der Waals surface area contributed by atoms with Crippen LogP contribution >= 0.6 is 0 Å². The molecule has 0 aromatic heterocycles. The van der Waals surface area contributed by atoms with Gasteiger partial charge in [0.25, 0.3) is 0 Å². The molecule has 0 atom stereocenters. The molecule has 2 aliphatic rings. The highest BCUT2D eigenvalue weighted by Crippen LogP contribution is 1.92. The van der Waals surface area contributed by atoms with Crippen molar-refractivity contribution >= 4 is 6.21 Å². The number of aliphatic imine (C=N–C) groups is 1. The van der Waals surface area contributed by atoms with Crippen LogP contribution < -0.4 is 5.32 Å². The van der Waals surface area contributed by atoms with Gasteiger partial charge in [-0.05, 0) is 45.0 Å². The predicted molar refractivity (Wildman–Crippen MR) is 44.7 cm³/mol. The van der Waals surface area contributed by atoms with E-state index in [1.54, 1.807) is 0 Å². The Labute approximate surface area is 62.7 Å². The minimum absolute atomic E-state index is 1.07. The van der Waals surface area contributed by atoms with Crippen LogP contribution in [0.1, 0.15) is 25.7 Å². The summed E-state index contributed by atoms with van der Waals surface area (Å²) in [6.45, 7) is 3.57. The molecule has 58 valence electrons. The molecule has 0 aromatic carbocycles. The van der Waals surface area contributed by atoms with Crippen molar-refractivity contribution in [2.45, 2.75) is 25.7 Å². The van der Waals surface area contributed by atoms with E-state index in [0.717, 1.165) is 6.54 Å². The Kier molecular flexibility index (Phi) is 4.19. The van der Waals surface area contributed by atoms with E-state index < -0.39 is 0 Å². The molecule has 0 saturated carbocycles. The van der Waals surface area contributed by atoms with Crippen molar-refractivity contribution in [3.63, 3.8) is 0 Å². The lowest BCUT2D eigenvalue weighted by Crippen LogP contribution is -2.03. The van der Waals surface area contributed by atoms with Gasteiger partial charge in [-0.2, -0.15) is 0 Å². The summed E-state index contributed by atoms with van der Waals surface area (Å²) in [5.74, 6) is 0. The SMILES string of the molecule is C1=NCCC1.C1CCNC1. The zero-order valence-corrected chi connectivity index (χ0v) is 6.47. The fourth-order valence-electron chi connectivity index (χ4n) is 1.08. The molecule has 0 aliphatic carbocycles. The summed E-state index contributed by atoms with van der Waals surface area (Å²) in [6, 6.07) is 0.